The first-order chi connectivity index (χ1) is 9.43. The lowest BCUT2D eigenvalue weighted by molar-refractivity contribution is 0.257. The van der Waals surface area contributed by atoms with Crippen LogP contribution in [0.1, 0.15) is 26.2 Å². The minimum atomic E-state index is -3.10. The highest BCUT2D eigenvalue weighted by atomic mass is 32.2. The Hall–Kier alpha value is -1.07. The molecule has 2 fully saturated rings. The van der Waals surface area contributed by atoms with Crippen molar-refractivity contribution in [1.29, 1.82) is 0 Å². The fourth-order valence-corrected chi connectivity index (χ4v) is 3.74. The Kier molecular flexibility index (Phi) is 3.50. The predicted molar refractivity (Wildman–Crippen MR) is 80.8 cm³/mol. The van der Waals surface area contributed by atoms with Crippen molar-refractivity contribution < 1.29 is 8.42 Å². The molecule has 0 bridgehead atoms. The maximum atomic E-state index is 11.4. The highest BCUT2D eigenvalue weighted by Crippen LogP contribution is 2.34. The first-order valence-corrected chi connectivity index (χ1v) is 9.15. The number of likely N-dealkylation sites (tertiary alicyclic amines) is 1. The van der Waals surface area contributed by atoms with Crippen LogP contribution in [0, 0.1) is 0 Å². The van der Waals surface area contributed by atoms with Crippen molar-refractivity contribution in [2.24, 2.45) is 0 Å². The van der Waals surface area contributed by atoms with E-state index in [0.717, 1.165) is 24.7 Å². The van der Waals surface area contributed by atoms with Gasteiger partial charge in [0.1, 0.15) is 0 Å². The Balaban J connectivity index is 1.63. The van der Waals surface area contributed by atoms with Gasteiger partial charge < -0.3 is 5.32 Å². The number of nitrogens with zero attached hydrogens (tertiary/aromatic N) is 1. The van der Waals surface area contributed by atoms with Crippen LogP contribution in [0.4, 0.5) is 5.69 Å². The molecule has 1 aromatic carbocycles. The average Bonchev–Trinajstić information content (AvgIpc) is 3.14. The van der Waals surface area contributed by atoms with Gasteiger partial charge in [-0.05, 0) is 50.5 Å². The first-order valence-electron chi connectivity index (χ1n) is 7.26. The van der Waals surface area contributed by atoms with Crippen LogP contribution in [0.2, 0.25) is 0 Å². The van der Waals surface area contributed by atoms with Crippen LogP contribution in [-0.2, 0) is 9.84 Å². The predicted octanol–water partition coefficient (Wildman–Crippen LogP) is 2.13. The van der Waals surface area contributed by atoms with Crippen molar-refractivity contribution in [3.63, 3.8) is 0 Å². The zero-order valence-electron chi connectivity index (χ0n) is 12.0. The van der Waals surface area contributed by atoms with Gasteiger partial charge in [-0.25, -0.2) is 8.42 Å². The van der Waals surface area contributed by atoms with Crippen LogP contribution >= 0.6 is 0 Å². The van der Waals surface area contributed by atoms with Crippen molar-refractivity contribution in [2.45, 2.75) is 49.2 Å². The molecule has 0 aromatic heterocycles. The van der Waals surface area contributed by atoms with Crippen molar-refractivity contribution in [3.8, 4) is 0 Å². The number of benzene rings is 1. The van der Waals surface area contributed by atoms with Gasteiger partial charge in [-0.15, -0.1) is 0 Å². The summed E-state index contributed by atoms with van der Waals surface area (Å²) < 4.78 is 22.9. The summed E-state index contributed by atoms with van der Waals surface area (Å²) in [7, 11) is -3.10. The van der Waals surface area contributed by atoms with E-state index in [0.29, 0.717) is 17.0 Å². The summed E-state index contributed by atoms with van der Waals surface area (Å²) in [5.74, 6) is 0. The number of anilines is 1. The van der Waals surface area contributed by atoms with Crippen LogP contribution in [0.3, 0.4) is 0 Å². The van der Waals surface area contributed by atoms with E-state index in [1.165, 1.54) is 19.1 Å². The summed E-state index contributed by atoms with van der Waals surface area (Å²) in [6.07, 6.45) is 5.09. The Morgan fingerprint density at radius 3 is 2.40 bits per heavy atom. The molecule has 0 amide bonds. The second-order valence-corrected chi connectivity index (χ2v) is 8.17. The summed E-state index contributed by atoms with van der Waals surface area (Å²) in [5, 5.41) is 3.53. The highest BCUT2D eigenvalue weighted by Gasteiger charge is 2.38. The standard InChI is InChI=1S/C15H22N2O2S/c1-11-9-13(10-17(11)14-5-6-14)16-12-3-7-15(8-4-12)20(2,18)19/h3-4,7-8,11,13-14,16H,5-6,9-10H2,1-2H3. The smallest absolute Gasteiger partial charge is 0.175 e. The normalized spacial score (nSPS) is 27.7. The van der Waals surface area contributed by atoms with Crippen molar-refractivity contribution in [2.75, 3.05) is 18.1 Å². The molecule has 3 rings (SSSR count). The highest BCUT2D eigenvalue weighted by molar-refractivity contribution is 7.90. The summed E-state index contributed by atoms with van der Waals surface area (Å²) in [6, 6.07) is 9.00. The number of rotatable bonds is 4. The molecule has 0 radical (unpaired) electrons. The molecular weight excluding hydrogens is 272 g/mol. The molecular formula is C15H22N2O2S. The molecule has 2 atom stereocenters. The lowest BCUT2D eigenvalue weighted by Crippen LogP contribution is -2.30. The van der Waals surface area contributed by atoms with Gasteiger partial charge in [-0.3, -0.25) is 4.90 Å². The molecule has 1 aromatic rings. The minimum absolute atomic E-state index is 0.377. The molecule has 1 N–H and O–H groups in total. The summed E-state index contributed by atoms with van der Waals surface area (Å²) in [6.45, 7) is 3.40. The molecule has 2 unspecified atom stereocenters. The zero-order valence-corrected chi connectivity index (χ0v) is 12.9. The monoisotopic (exact) mass is 294 g/mol. The summed E-state index contributed by atoms with van der Waals surface area (Å²) >= 11 is 0. The number of nitrogens with one attached hydrogen (secondary N) is 1. The molecule has 20 heavy (non-hydrogen) atoms. The molecule has 1 aliphatic carbocycles. The topological polar surface area (TPSA) is 49.4 Å². The summed E-state index contributed by atoms with van der Waals surface area (Å²) in [4.78, 5) is 2.98. The van der Waals surface area contributed by atoms with E-state index >= 15 is 0 Å². The van der Waals surface area contributed by atoms with Gasteiger partial charge in [-0.1, -0.05) is 0 Å². The zero-order chi connectivity index (χ0) is 14.3. The second kappa shape index (κ2) is 5.04. The Labute approximate surface area is 121 Å². The molecule has 5 heteroatoms. The molecule has 1 heterocycles. The molecule has 1 saturated carbocycles. The number of sulfone groups is 1. The molecule has 1 saturated heterocycles. The Morgan fingerprint density at radius 1 is 1.20 bits per heavy atom. The van der Waals surface area contributed by atoms with E-state index in [1.54, 1.807) is 12.1 Å². The van der Waals surface area contributed by atoms with Gasteiger partial charge >= 0.3 is 0 Å². The van der Waals surface area contributed by atoms with Gasteiger partial charge in [0.05, 0.1) is 4.90 Å². The van der Waals surface area contributed by atoms with Crippen LogP contribution in [0.5, 0.6) is 0 Å². The maximum Gasteiger partial charge on any atom is 0.175 e. The van der Waals surface area contributed by atoms with Crippen LogP contribution in [0.15, 0.2) is 29.2 Å². The van der Waals surface area contributed by atoms with Crippen molar-refractivity contribution in [3.05, 3.63) is 24.3 Å². The third-order valence-corrected chi connectivity index (χ3v) is 5.42. The fourth-order valence-electron chi connectivity index (χ4n) is 3.11. The SMILES string of the molecule is CC1CC(Nc2ccc(S(C)(=O)=O)cc2)CN1C1CC1. The average molecular weight is 294 g/mol. The first kappa shape index (κ1) is 13.9. The molecule has 4 nitrogen and oxygen atoms in total. The van der Waals surface area contributed by atoms with E-state index in [4.69, 9.17) is 0 Å². The van der Waals surface area contributed by atoms with Crippen LogP contribution in [-0.4, -0.2) is 44.2 Å². The fraction of sp³-hybridized carbons (Fsp3) is 0.600. The van der Waals surface area contributed by atoms with Gasteiger partial charge in [0.25, 0.3) is 0 Å². The lowest BCUT2D eigenvalue weighted by atomic mass is 10.2. The maximum absolute atomic E-state index is 11.4. The van der Waals surface area contributed by atoms with E-state index in [9.17, 15) is 8.42 Å². The molecule has 110 valence electrons. The summed E-state index contributed by atoms with van der Waals surface area (Å²) in [5.41, 5.74) is 1.01. The van der Waals surface area contributed by atoms with Gasteiger partial charge in [0, 0.05) is 36.6 Å². The van der Waals surface area contributed by atoms with Crippen LogP contribution in [0.25, 0.3) is 0 Å². The van der Waals surface area contributed by atoms with Crippen molar-refractivity contribution >= 4 is 15.5 Å². The van der Waals surface area contributed by atoms with E-state index in [1.807, 2.05) is 12.1 Å². The van der Waals surface area contributed by atoms with E-state index < -0.39 is 9.84 Å². The molecule has 1 aliphatic heterocycles. The third kappa shape index (κ3) is 2.99. The quantitative estimate of drug-likeness (QED) is 0.924. The molecule has 2 aliphatic rings. The minimum Gasteiger partial charge on any atom is -0.381 e. The van der Waals surface area contributed by atoms with E-state index in [2.05, 4.69) is 17.1 Å². The number of hydrogen-bond donors (Lipinski definition) is 1. The van der Waals surface area contributed by atoms with Crippen LogP contribution < -0.4 is 5.32 Å². The Bertz CT molecular complexity index is 578. The largest absolute Gasteiger partial charge is 0.381 e. The number of hydrogen-bond acceptors (Lipinski definition) is 4. The van der Waals surface area contributed by atoms with Crippen molar-refractivity contribution in [1.82, 2.24) is 4.90 Å². The second-order valence-electron chi connectivity index (χ2n) is 6.15. The van der Waals surface area contributed by atoms with Gasteiger partial charge in [-0.2, -0.15) is 0 Å². The van der Waals surface area contributed by atoms with Gasteiger partial charge in [0.2, 0.25) is 0 Å². The molecule has 0 spiro atoms. The lowest BCUT2D eigenvalue weighted by Gasteiger charge is -2.20. The van der Waals surface area contributed by atoms with Gasteiger partial charge in [0.15, 0.2) is 9.84 Å². The van der Waals surface area contributed by atoms with E-state index in [-0.39, 0.29) is 0 Å². The third-order valence-electron chi connectivity index (χ3n) is 4.29. The Morgan fingerprint density at radius 2 is 1.85 bits per heavy atom.